The van der Waals surface area contributed by atoms with Crippen molar-refractivity contribution in [2.75, 3.05) is 23.1 Å². The number of aromatic nitrogens is 9. The van der Waals surface area contributed by atoms with Crippen LogP contribution in [0.3, 0.4) is 0 Å². The third-order valence-corrected chi connectivity index (χ3v) is 13.8. The molecule has 6 aromatic carbocycles. The van der Waals surface area contributed by atoms with Gasteiger partial charge in [-0.3, -0.25) is 43.7 Å². The second-order valence-electron chi connectivity index (χ2n) is 20.3. The van der Waals surface area contributed by atoms with E-state index in [0.29, 0.717) is 88.8 Å². The third kappa shape index (κ3) is 16.8. The molecule has 27 heteroatoms. The minimum absolute atomic E-state index is 0.00450. The summed E-state index contributed by atoms with van der Waals surface area (Å²) in [5.74, 6) is -1.51. The standard InChI is InChI=1S/C23H17ClN4O4.C23H17ClN4O3.C23H16F2N4O4/c1-13(29)16-9-8-15(12-25-16)26-22(30)21-23(28-18-6-4-3-5-17(18)27-21)32-19-10-7-14(24)11-20(19)31-2;1-13-11-15(24)7-10-20(13)31-23-21(27-18-5-3-4-6-19(18)28-23)22(30)26-16-8-9-17(14(2)29)25-12-16;1-13(30)15-11-10-14(12-26-15)27-21(31)20-22(29-17-7-3-2-6-16(17)28-20)32-18-8-4-5-9-19(18)33-23(24)25/h3-12H,1-2H3,(H,26,30);3-12H,1-2H3,(H,26,30);2-12,23H,1H3,(H,27,31). The Balaban J connectivity index is 0.000000157. The number of aryl methyl sites for hydroxylation is 1. The highest BCUT2D eigenvalue weighted by Gasteiger charge is 2.25. The van der Waals surface area contributed by atoms with Gasteiger partial charge in [-0.05, 0) is 128 Å². The number of hydrogen-bond acceptors (Lipinski definition) is 20. The van der Waals surface area contributed by atoms with Crippen LogP contribution < -0.4 is 39.6 Å². The number of nitrogens with zero attached hydrogens (tertiary/aromatic N) is 9. The molecule has 0 radical (unpaired) electrons. The van der Waals surface area contributed by atoms with Crippen molar-refractivity contribution in [1.82, 2.24) is 44.9 Å². The molecule has 0 bridgehead atoms. The highest BCUT2D eigenvalue weighted by molar-refractivity contribution is 6.31. The lowest BCUT2D eigenvalue weighted by Crippen LogP contribution is -2.16. The number of ketones is 3. The topological polar surface area (TPSA) is 301 Å². The number of alkyl halides is 2. The normalized spacial score (nSPS) is 10.7. The minimum atomic E-state index is -3.06. The zero-order valence-corrected chi connectivity index (χ0v) is 52.5. The molecular formula is C69H50Cl2F2N12O11. The van der Waals surface area contributed by atoms with Gasteiger partial charge in [0.2, 0.25) is 0 Å². The lowest BCUT2D eigenvalue weighted by Gasteiger charge is -2.14. The number of hydrogen-bond donors (Lipinski definition) is 3. The van der Waals surface area contributed by atoms with Gasteiger partial charge in [0.25, 0.3) is 35.4 Å². The van der Waals surface area contributed by atoms with Gasteiger partial charge in [-0.1, -0.05) is 71.7 Å². The highest BCUT2D eigenvalue weighted by Crippen LogP contribution is 2.37. The van der Waals surface area contributed by atoms with Crippen molar-refractivity contribution in [2.45, 2.75) is 34.3 Å². The third-order valence-electron chi connectivity index (χ3n) is 13.4. The van der Waals surface area contributed by atoms with E-state index in [4.69, 9.17) is 42.1 Å². The van der Waals surface area contributed by atoms with Gasteiger partial charge < -0.3 is 39.6 Å². The molecule has 480 valence electrons. The molecule has 0 aliphatic heterocycles. The highest BCUT2D eigenvalue weighted by atomic mass is 35.5. The van der Waals surface area contributed by atoms with Gasteiger partial charge in [0.05, 0.1) is 75.9 Å². The molecule has 0 atom stereocenters. The Labute approximate surface area is 553 Å². The quantitative estimate of drug-likeness (QED) is 0.0672. The maximum Gasteiger partial charge on any atom is 0.387 e. The molecule has 12 aromatic rings. The van der Waals surface area contributed by atoms with E-state index in [-0.39, 0.29) is 69.3 Å². The number of ether oxygens (including phenoxy) is 5. The summed E-state index contributed by atoms with van der Waals surface area (Å²) >= 11 is 12.1. The molecule has 0 fully saturated rings. The molecule has 0 aliphatic carbocycles. The zero-order chi connectivity index (χ0) is 68.0. The number of benzene rings is 6. The molecule has 0 spiro atoms. The smallest absolute Gasteiger partial charge is 0.387 e. The fraction of sp³-hybridized carbons (Fsp3) is 0.0870. The second-order valence-corrected chi connectivity index (χ2v) is 21.1. The molecule has 0 aliphatic rings. The molecule has 12 rings (SSSR count). The maximum atomic E-state index is 13.1. The van der Waals surface area contributed by atoms with Crippen LogP contribution >= 0.6 is 23.2 Å². The van der Waals surface area contributed by atoms with Crippen molar-refractivity contribution in [2.24, 2.45) is 0 Å². The molecule has 96 heavy (non-hydrogen) atoms. The molecule has 6 heterocycles. The number of halogens is 4. The molecule has 3 amide bonds. The Morgan fingerprint density at radius 1 is 0.396 bits per heavy atom. The van der Waals surface area contributed by atoms with Gasteiger partial charge in [0.15, 0.2) is 57.4 Å². The van der Waals surface area contributed by atoms with Crippen LogP contribution in [0.5, 0.6) is 46.4 Å². The van der Waals surface area contributed by atoms with Crippen LogP contribution in [0.2, 0.25) is 10.0 Å². The van der Waals surface area contributed by atoms with E-state index in [9.17, 15) is 37.5 Å². The van der Waals surface area contributed by atoms with Crippen molar-refractivity contribution in [3.8, 4) is 46.4 Å². The molecular weight excluding hydrogens is 1280 g/mol. The maximum absolute atomic E-state index is 13.1. The van der Waals surface area contributed by atoms with Crippen LogP contribution in [0.4, 0.5) is 25.8 Å². The van der Waals surface area contributed by atoms with Crippen molar-refractivity contribution in [1.29, 1.82) is 0 Å². The average Bonchev–Trinajstić information content (AvgIpc) is 0.811. The largest absolute Gasteiger partial charge is 0.493 e. The van der Waals surface area contributed by atoms with E-state index in [1.807, 2.05) is 25.1 Å². The lowest BCUT2D eigenvalue weighted by molar-refractivity contribution is -0.0510. The van der Waals surface area contributed by atoms with Gasteiger partial charge >= 0.3 is 6.61 Å². The Bertz CT molecular complexity index is 4940. The van der Waals surface area contributed by atoms with Gasteiger partial charge in [0, 0.05) is 36.9 Å². The number of methoxy groups -OCH3 is 1. The van der Waals surface area contributed by atoms with E-state index >= 15 is 0 Å². The van der Waals surface area contributed by atoms with E-state index in [0.717, 1.165) is 5.56 Å². The molecule has 3 N–H and O–H groups in total. The number of amides is 3. The number of fused-ring (bicyclic) bond motifs is 3. The zero-order valence-electron chi connectivity index (χ0n) is 51.0. The predicted molar refractivity (Wildman–Crippen MR) is 353 cm³/mol. The van der Waals surface area contributed by atoms with Gasteiger partial charge in [-0.2, -0.15) is 8.78 Å². The van der Waals surface area contributed by atoms with Crippen LogP contribution in [-0.4, -0.2) is 93.6 Å². The summed E-state index contributed by atoms with van der Waals surface area (Å²) in [6.07, 6.45) is 4.13. The minimum Gasteiger partial charge on any atom is -0.493 e. The van der Waals surface area contributed by atoms with Crippen LogP contribution in [0.1, 0.15) is 89.3 Å². The van der Waals surface area contributed by atoms with Gasteiger partial charge in [0.1, 0.15) is 22.8 Å². The number of carbonyl (C=O) groups is 6. The Morgan fingerprint density at radius 3 is 1.05 bits per heavy atom. The first-order chi connectivity index (χ1) is 46.2. The second kappa shape index (κ2) is 30.4. The molecule has 0 unspecified atom stereocenters. The Morgan fingerprint density at radius 2 is 0.719 bits per heavy atom. The summed E-state index contributed by atoms with van der Waals surface area (Å²) in [5.41, 5.74) is 5.66. The number of nitrogens with one attached hydrogen (secondary N) is 3. The number of anilines is 3. The molecule has 0 saturated heterocycles. The molecule has 0 saturated carbocycles. The fourth-order valence-electron chi connectivity index (χ4n) is 8.70. The summed E-state index contributed by atoms with van der Waals surface area (Å²) in [6, 6.07) is 46.1. The number of carbonyl (C=O) groups excluding carboxylic acids is 6. The molecule has 23 nitrogen and oxygen atoms in total. The predicted octanol–water partition coefficient (Wildman–Crippen LogP) is 15.0. The summed E-state index contributed by atoms with van der Waals surface area (Å²) in [4.78, 5) is 112. The van der Waals surface area contributed by atoms with Crippen molar-refractivity contribution < 1.29 is 61.2 Å². The van der Waals surface area contributed by atoms with Crippen LogP contribution in [0, 0.1) is 6.92 Å². The van der Waals surface area contributed by atoms with Gasteiger partial charge in [-0.15, -0.1) is 0 Å². The summed E-state index contributed by atoms with van der Waals surface area (Å²) in [7, 11) is 1.48. The SMILES string of the molecule is CC(=O)c1ccc(NC(=O)c2nc3ccccc3nc2Oc2ccc(Cl)cc2C)cn1.CC(=O)c1ccc(NC(=O)c2nc3ccccc3nc2Oc2ccccc2OC(F)F)cn1.COc1cc(Cl)ccc1Oc1nc2ccccc2nc1C(=O)Nc1ccc(C(C)=O)nc1. The van der Waals surface area contributed by atoms with Gasteiger partial charge in [-0.25, -0.2) is 29.9 Å². The first-order valence-corrected chi connectivity index (χ1v) is 29.3. The van der Waals surface area contributed by atoms with Crippen molar-refractivity contribution >= 4 is 108 Å². The summed E-state index contributed by atoms with van der Waals surface area (Å²) < 4.78 is 53.0. The van der Waals surface area contributed by atoms with E-state index in [2.05, 4.69) is 65.5 Å². The summed E-state index contributed by atoms with van der Waals surface area (Å²) in [5, 5.41) is 9.09. The molecule has 6 aromatic heterocycles. The Kier molecular flexibility index (Phi) is 21.1. The van der Waals surface area contributed by atoms with Crippen molar-refractivity contribution in [3.05, 3.63) is 238 Å². The first kappa shape index (κ1) is 66.6. The first-order valence-electron chi connectivity index (χ1n) is 28.6. The van der Waals surface area contributed by atoms with Crippen LogP contribution in [-0.2, 0) is 0 Å². The number of Topliss-reactive ketones (excluding diaryl/α,β-unsaturated/α-hetero) is 3. The summed E-state index contributed by atoms with van der Waals surface area (Å²) in [6.45, 7) is 3.00. The average molecular weight is 1330 g/mol. The van der Waals surface area contributed by atoms with Crippen LogP contribution in [0.15, 0.2) is 188 Å². The Hall–Kier alpha value is -12.4. The van der Waals surface area contributed by atoms with Crippen molar-refractivity contribution in [3.63, 3.8) is 0 Å². The number of para-hydroxylation sites is 8. The van der Waals surface area contributed by atoms with E-state index in [1.165, 1.54) is 82.9 Å². The van der Waals surface area contributed by atoms with E-state index in [1.54, 1.807) is 115 Å². The fourth-order valence-corrected chi connectivity index (χ4v) is 9.09. The number of pyridine rings is 3. The number of rotatable bonds is 18. The monoisotopic (exact) mass is 1330 g/mol. The van der Waals surface area contributed by atoms with E-state index < -0.39 is 24.3 Å². The lowest BCUT2D eigenvalue weighted by atomic mass is 10.2. The van der Waals surface area contributed by atoms with Crippen LogP contribution in [0.25, 0.3) is 33.1 Å².